The Morgan fingerprint density at radius 2 is 1.64 bits per heavy atom. The van der Waals surface area contributed by atoms with Crippen LogP contribution in [0.25, 0.3) is 22.4 Å². The monoisotopic (exact) mass is 627 g/mol. The molecule has 0 radical (unpaired) electrons. The number of hydrogen-bond donors (Lipinski definition) is 0. The number of halogens is 2. The van der Waals surface area contributed by atoms with Gasteiger partial charge in [-0.3, -0.25) is 0 Å². The predicted molar refractivity (Wildman–Crippen MR) is 149 cm³/mol. The van der Waals surface area contributed by atoms with Gasteiger partial charge in [0.15, 0.2) is 0 Å². The first-order valence-corrected chi connectivity index (χ1v) is 18.1. The Morgan fingerprint density at radius 3 is 2.28 bits per heavy atom. The third-order valence-corrected chi connectivity index (χ3v) is 15.2. The fourth-order valence-electron chi connectivity index (χ4n) is 6.33. The Kier molecular flexibility index (Phi) is 9.95. The molecule has 187 valence electrons. The zero-order valence-electron chi connectivity index (χ0n) is 21.9. The molecule has 2 bridgehead atoms. The van der Waals surface area contributed by atoms with E-state index in [0.717, 1.165) is 5.54 Å². The minimum Gasteiger partial charge on any atom is -1.00 e. The summed E-state index contributed by atoms with van der Waals surface area (Å²) >= 11 is 3.55. The molecule has 2 atom stereocenters. The van der Waals surface area contributed by atoms with Crippen LogP contribution in [-0.4, -0.2) is 8.07 Å². The van der Waals surface area contributed by atoms with Crippen LogP contribution in [0.1, 0.15) is 76.3 Å². The van der Waals surface area contributed by atoms with Crippen LogP contribution >= 0.6 is 11.3 Å². The van der Waals surface area contributed by atoms with Crippen LogP contribution in [0.15, 0.2) is 65.1 Å². The molecule has 0 nitrogen and oxygen atoms in total. The molecular weight excluding hydrogens is 595 g/mol. The number of thiophene rings is 1. The summed E-state index contributed by atoms with van der Waals surface area (Å²) in [5, 5.41) is 4.01. The van der Waals surface area contributed by atoms with Crippen molar-refractivity contribution in [2.75, 3.05) is 0 Å². The summed E-state index contributed by atoms with van der Waals surface area (Å²) in [4.78, 5) is 1.68. The van der Waals surface area contributed by atoms with Gasteiger partial charge in [0.05, 0.1) is 8.07 Å². The summed E-state index contributed by atoms with van der Waals surface area (Å²) in [5.41, 5.74) is 12.9. The van der Waals surface area contributed by atoms with Crippen molar-refractivity contribution in [1.29, 1.82) is 0 Å². The average Bonchev–Trinajstić information content (AvgIpc) is 3.52. The number of rotatable bonds is 5. The van der Waals surface area contributed by atoms with Gasteiger partial charge in [-0.25, -0.2) is 0 Å². The number of fused-ring (bicyclic) bond motifs is 1. The van der Waals surface area contributed by atoms with Gasteiger partial charge in [-0.15, -0.1) is 11.3 Å². The van der Waals surface area contributed by atoms with E-state index in [1.54, 1.807) is 45.9 Å². The molecule has 5 heteroatoms. The summed E-state index contributed by atoms with van der Waals surface area (Å²) in [6, 6.07) is 18.3. The second-order valence-corrected chi connectivity index (χ2v) is 17.6. The number of hydrogen-bond acceptors (Lipinski definition) is 1. The van der Waals surface area contributed by atoms with Gasteiger partial charge in [-0.1, -0.05) is 30.8 Å². The summed E-state index contributed by atoms with van der Waals surface area (Å²) in [6.07, 6.45) is 7.53. The molecule has 2 aliphatic heterocycles. The maximum absolute atomic E-state index is 2.51. The third-order valence-electron chi connectivity index (χ3n) is 8.03. The van der Waals surface area contributed by atoms with E-state index >= 15 is 0 Å². The number of unbranched alkanes of at least 4 members (excludes halogenated alkanes) is 2. The molecule has 0 N–H and O–H groups in total. The fraction of sp³-hybridized carbons (Fsp3) is 0.355. The largest absolute Gasteiger partial charge is 1.00 e. The minimum absolute atomic E-state index is 0. The molecule has 36 heavy (non-hydrogen) atoms. The molecule has 0 saturated carbocycles. The Morgan fingerprint density at radius 1 is 0.917 bits per heavy atom. The standard InChI is InChI=1S/C21H23.C10H12SSi.2ClH.Zr/c1-3-4-5-7-17-10-12-18(13-11-17)20-9-6-8-19-14-16(2)15-21(19)20;1-6-9-7-4-5-11-8(7)10(6)12(9,2)3;;;/h6,8-15H,3-5,7H2,1-2H3;4-5,10H,1-3H3;2*1H;/q;;;;+2/p-2. The zero-order valence-corrected chi connectivity index (χ0v) is 27.7. The van der Waals surface area contributed by atoms with Crippen molar-refractivity contribution in [3.8, 4) is 11.1 Å². The first-order chi connectivity index (χ1) is 16.3. The summed E-state index contributed by atoms with van der Waals surface area (Å²) in [5.74, 6) is 0. The second-order valence-electron chi connectivity index (χ2n) is 10.7. The SMILES string of the molecule is CC1=C2c3ccsc3C1[Si]2(C)C.CCCCCc1ccc(-c2cccc3c2C=C(C)[CH]3[Zr+2])cc1.[Cl-].[Cl-]. The van der Waals surface area contributed by atoms with Gasteiger partial charge in [0.2, 0.25) is 0 Å². The number of aryl methyl sites for hydroxylation is 1. The number of benzene rings is 2. The van der Waals surface area contributed by atoms with Crippen molar-refractivity contribution in [2.24, 2.45) is 0 Å². The molecule has 0 spiro atoms. The predicted octanol–water partition coefficient (Wildman–Crippen LogP) is 3.52. The smallest absolute Gasteiger partial charge is 1.00 e. The van der Waals surface area contributed by atoms with E-state index in [0.29, 0.717) is 3.63 Å². The van der Waals surface area contributed by atoms with Gasteiger partial charge >= 0.3 is 143 Å². The summed E-state index contributed by atoms with van der Waals surface area (Å²) in [7, 11) is -0.972. The molecular formula is C31H35Cl2SSiZr. The van der Waals surface area contributed by atoms with Crippen LogP contribution in [0, 0.1) is 0 Å². The maximum atomic E-state index is 2.51. The van der Waals surface area contributed by atoms with Crippen LogP contribution in [0.2, 0.25) is 13.1 Å². The van der Waals surface area contributed by atoms with E-state index in [4.69, 9.17) is 0 Å². The number of allylic oxidation sites excluding steroid dienone is 2. The molecule has 2 aliphatic carbocycles. The fourth-order valence-corrected chi connectivity index (χ4v) is 13.5. The molecule has 0 fully saturated rings. The normalized spacial score (nSPS) is 19.7. The van der Waals surface area contributed by atoms with Crippen LogP contribution in [0.4, 0.5) is 0 Å². The Balaban J connectivity index is 0.000000218. The van der Waals surface area contributed by atoms with E-state index in [1.165, 1.54) is 59.1 Å². The van der Waals surface area contributed by atoms with Crippen LogP contribution in [0.3, 0.4) is 0 Å². The topological polar surface area (TPSA) is 0 Å². The van der Waals surface area contributed by atoms with Crippen LogP contribution in [-0.2, 0) is 31.1 Å². The van der Waals surface area contributed by atoms with E-state index in [2.05, 4.69) is 93.9 Å². The zero-order chi connectivity index (χ0) is 24.0. The van der Waals surface area contributed by atoms with Gasteiger partial charge in [0, 0.05) is 10.4 Å². The van der Waals surface area contributed by atoms with Gasteiger partial charge in [0.1, 0.15) is 0 Å². The van der Waals surface area contributed by atoms with Crippen molar-refractivity contribution in [1.82, 2.24) is 0 Å². The Bertz CT molecular complexity index is 1290. The molecule has 2 unspecified atom stereocenters. The molecule has 0 saturated heterocycles. The van der Waals surface area contributed by atoms with Gasteiger partial charge in [-0.2, -0.15) is 0 Å². The van der Waals surface area contributed by atoms with Gasteiger partial charge in [0.25, 0.3) is 0 Å². The molecule has 7 rings (SSSR count). The second kappa shape index (κ2) is 12.0. The van der Waals surface area contributed by atoms with Crippen molar-refractivity contribution in [3.63, 3.8) is 0 Å². The molecule has 0 amide bonds. The van der Waals surface area contributed by atoms with E-state index < -0.39 is 8.07 Å². The molecule has 3 aromatic rings. The summed E-state index contributed by atoms with van der Waals surface area (Å²) < 4.78 is 0.649. The first kappa shape index (κ1) is 29.9. The maximum Gasteiger partial charge on any atom is -1.00 e. The van der Waals surface area contributed by atoms with Crippen molar-refractivity contribution in [3.05, 3.63) is 92.2 Å². The van der Waals surface area contributed by atoms with Crippen LogP contribution in [0.5, 0.6) is 0 Å². The molecule has 3 heterocycles. The van der Waals surface area contributed by atoms with Crippen molar-refractivity contribution >= 4 is 30.7 Å². The third kappa shape index (κ3) is 5.13. The minimum atomic E-state index is -0.972. The quantitative estimate of drug-likeness (QED) is 0.300. The molecule has 4 aliphatic rings. The Hall–Kier alpha value is -0.700. The van der Waals surface area contributed by atoms with Gasteiger partial charge in [-0.05, 0) is 23.9 Å². The Labute approximate surface area is 250 Å². The van der Waals surface area contributed by atoms with E-state index in [1.807, 2.05) is 11.3 Å². The molecule has 1 aromatic heterocycles. The van der Waals surface area contributed by atoms with E-state index in [9.17, 15) is 0 Å². The first-order valence-electron chi connectivity index (χ1n) is 12.7. The van der Waals surface area contributed by atoms with Crippen molar-refractivity contribution < 1.29 is 49.5 Å². The molecule has 2 aromatic carbocycles. The summed E-state index contributed by atoms with van der Waals surface area (Å²) in [6.45, 7) is 11.9. The average molecular weight is 630 g/mol. The van der Waals surface area contributed by atoms with E-state index in [-0.39, 0.29) is 24.8 Å². The van der Waals surface area contributed by atoms with Crippen LogP contribution < -0.4 is 24.8 Å². The van der Waals surface area contributed by atoms with Gasteiger partial charge < -0.3 is 24.8 Å². The van der Waals surface area contributed by atoms with Crippen molar-refractivity contribution in [2.45, 2.75) is 68.7 Å².